The van der Waals surface area contributed by atoms with Crippen LogP contribution in [0.15, 0.2) is 42.6 Å². The normalized spacial score (nSPS) is 15.7. The number of rotatable bonds is 4. The molecule has 162 valence electrons. The summed E-state index contributed by atoms with van der Waals surface area (Å²) in [6.45, 7) is 5.45. The Labute approximate surface area is 178 Å². The number of pyridine rings is 1. The molecule has 0 spiro atoms. The standard InChI is InChI=1S/C21H23ClF3N3O2/c1-20(2,30-17-7-5-16(22)6-8-17)19(29)28-11-3-10-27(12-13-28)18-9-4-15(14-26-18)21(23,24)25/h4-9,14H,3,10-13H2,1-2H3. The van der Waals surface area contributed by atoms with E-state index in [4.69, 9.17) is 16.3 Å². The predicted octanol–water partition coefficient (Wildman–Crippen LogP) is 4.65. The van der Waals surface area contributed by atoms with Gasteiger partial charge in [0.05, 0.1) is 5.56 Å². The van der Waals surface area contributed by atoms with E-state index in [0.717, 1.165) is 12.3 Å². The van der Waals surface area contributed by atoms with Crippen molar-refractivity contribution in [3.63, 3.8) is 0 Å². The van der Waals surface area contributed by atoms with E-state index in [1.165, 1.54) is 6.07 Å². The van der Waals surface area contributed by atoms with E-state index in [0.29, 0.717) is 49.2 Å². The lowest BCUT2D eigenvalue weighted by atomic mass is 10.1. The Morgan fingerprint density at radius 1 is 1.03 bits per heavy atom. The summed E-state index contributed by atoms with van der Waals surface area (Å²) < 4.78 is 44.1. The minimum absolute atomic E-state index is 0.153. The average Bonchev–Trinajstić information content (AvgIpc) is 2.94. The highest BCUT2D eigenvalue weighted by atomic mass is 35.5. The number of benzene rings is 1. The summed E-state index contributed by atoms with van der Waals surface area (Å²) in [6, 6.07) is 9.19. The van der Waals surface area contributed by atoms with Gasteiger partial charge >= 0.3 is 6.18 Å². The van der Waals surface area contributed by atoms with Crippen molar-refractivity contribution < 1.29 is 22.7 Å². The molecule has 0 radical (unpaired) electrons. The molecule has 1 aromatic heterocycles. The fourth-order valence-electron chi connectivity index (χ4n) is 3.31. The molecule has 9 heteroatoms. The fourth-order valence-corrected chi connectivity index (χ4v) is 3.44. The molecule has 1 aromatic carbocycles. The van der Waals surface area contributed by atoms with Crippen LogP contribution in [0.1, 0.15) is 25.8 Å². The van der Waals surface area contributed by atoms with Crippen molar-refractivity contribution in [3.8, 4) is 5.75 Å². The zero-order valence-electron chi connectivity index (χ0n) is 16.7. The van der Waals surface area contributed by atoms with Crippen molar-refractivity contribution in [2.75, 3.05) is 31.1 Å². The molecule has 0 N–H and O–H groups in total. The zero-order chi connectivity index (χ0) is 21.9. The molecule has 1 aliphatic rings. The summed E-state index contributed by atoms with van der Waals surface area (Å²) in [5.41, 5.74) is -1.85. The summed E-state index contributed by atoms with van der Waals surface area (Å²) in [5, 5.41) is 0.580. The molecule has 0 aliphatic carbocycles. The molecule has 1 amide bonds. The lowest BCUT2D eigenvalue weighted by molar-refractivity contribution is -0.145. The highest BCUT2D eigenvalue weighted by Crippen LogP contribution is 2.29. The first kappa shape index (κ1) is 22.2. The molecular formula is C21H23ClF3N3O2. The molecule has 0 bridgehead atoms. The first-order chi connectivity index (χ1) is 14.1. The minimum Gasteiger partial charge on any atom is -0.478 e. The van der Waals surface area contributed by atoms with E-state index in [1.54, 1.807) is 43.0 Å². The molecule has 30 heavy (non-hydrogen) atoms. The van der Waals surface area contributed by atoms with Gasteiger partial charge in [-0.2, -0.15) is 13.2 Å². The lowest BCUT2D eigenvalue weighted by Crippen LogP contribution is -2.50. The van der Waals surface area contributed by atoms with Crippen LogP contribution in [0.3, 0.4) is 0 Å². The number of carbonyl (C=O) groups is 1. The molecule has 2 aromatic rings. The summed E-state index contributed by atoms with van der Waals surface area (Å²) in [5.74, 6) is 0.858. The monoisotopic (exact) mass is 441 g/mol. The fraction of sp³-hybridized carbons (Fsp3) is 0.429. The Kier molecular flexibility index (Phi) is 6.45. The van der Waals surface area contributed by atoms with Crippen LogP contribution in [0.5, 0.6) is 5.75 Å². The molecule has 1 fully saturated rings. The Bertz CT molecular complexity index is 871. The molecule has 2 heterocycles. The van der Waals surface area contributed by atoms with E-state index in [1.807, 2.05) is 4.90 Å². The summed E-state index contributed by atoms with van der Waals surface area (Å²) in [7, 11) is 0. The number of halogens is 4. The largest absolute Gasteiger partial charge is 0.478 e. The van der Waals surface area contributed by atoms with E-state index >= 15 is 0 Å². The van der Waals surface area contributed by atoms with Gasteiger partial charge in [0.25, 0.3) is 5.91 Å². The van der Waals surface area contributed by atoms with Gasteiger partial charge in [0.1, 0.15) is 11.6 Å². The van der Waals surface area contributed by atoms with Gasteiger partial charge in [-0.25, -0.2) is 4.98 Å². The molecule has 0 atom stereocenters. The zero-order valence-corrected chi connectivity index (χ0v) is 17.5. The third kappa shape index (κ3) is 5.36. The maximum atomic E-state index is 13.1. The Hall–Kier alpha value is -2.48. The third-order valence-electron chi connectivity index (χ3n) is 4.88. The van der Waals surface area contributed by atoms with E-state index in [-0.39, 0.29) is 5.91 Å². The van der Waals surface area contributed by atoms with Crippen LogP contribution >= 0.6 is 11.6 Å². The molecule has 5 nitrogen and oxygen atoms in total. The molecule has 0 unspecified atom stereocenters. The minimum atomic E-state index is -4.41. The van der Waals surface area contributed by atoms with Gasteiger partial charge in [0, 0.05) is 37.4 Å². The number of carbonyl (C=O) groups excluding carboxylic acids is 1. The maximum absolute atomic E-state index is 13.1. The van der Waals surface area contributed by atoms with Crippen LogP contribution in [0, 0.1) is 0 Å². The van der Waals surface area contributed by atoms with Gasteiger partial charge in [-0.05, 0) is 56.7 Å². The van der Waals surface area contributed by atoms with Gasteiger partial charge < -0.3 is 14.5 Å². The number of nitrogens with zero attached hydrogens (tertiary/aromatic N) is 3. The number of alkyl halides is 3. The number of hydrogen-bond acceptors (Lipinski definition) is 4. The second-order valence-electron chi connectivity index (χ2n) is 7.60. The number of aromatic nitrogens is 1. The van der Waals surface area contributed by atoms with Gasteiger partial charge in [-0.3, -0.25) is 4.79 Å². The summed E-state index contributed by atoms with van der Waals surface area (Å²) in [4.78, 5) is 20.6. The van der Waals surface area contributed by atoms with Crippen LogP contribution in [-0.4, -0.2) is 47.6 Å². The first-order valence-corrected chi connectivity index (χ1v) is 9.96. The molecule has 1 aliphatic heterocycles. The van der Waals surface area contributed by atoms with Crippen LogP contribution in [0.2, 0.25) is 5.02 Å². The number of ether oxygens (including phenoxy) is 1. The van der Waals surface area contributed by atoms with Crippen LogP contribution < -0.4 is 9.64 Å². The summed E-state index contributed by atoms with van der Waals surface area (Å²) >= 11 is 5.88. The molecule has 0 saturated carbocycles. The number of anilines is 1. The van der Waals surface area contributed by atoms with Crippen molar-refractivity contribution in [1.82, 2.24) is 9.88 Å². The molecule has 3 rings (SSSR count). The van der Waals surface area contributed by atoms with E-state index in [2.05, 4.69) is 4.98 Å². The molecular weight excluding hydrogens is 419 g/mol. The van der Waals surface area contributed by atoms with Crippen LogP contribution in [-0.2, 0) is 11.0 Å². The SMILES string of the molecule is CC(C)(Oc1ccc(Cl)cc1)C(=O)N1CCCN(c2ccc(C(F)(F)F)cn2)CC1. The topological polar surface area (TPSA) is 45.7 Å². The lowest BCUT2D eigenvalue weighted by Gasteiger charge is -2.32. The second-order valence-corrected chi connectivity index (χ2v) is 8.04. The Morgan fingerprint density at radius 2 is 1.73 bits per heavy atom. The van der Waals surface area contributed by atoms with E-state index in [9.17, 15) is 18.0 Å². The van der Waals surface area contributed by atoms with Crippen LogP contribution in [0.4, 0.5) is 19.0 Å². The van der Waals surface area contributed by atoms with Crippen molar-refractivity contribution in [2.24, 2.45) is 0 Å². The highest BCUT2D eigenvalue weighted by Gasteiger charge is 2.35. The summed E-state index contributed by atoms with van der Waals surface area (Å²) in [6.07, 6.45) is -2.90. The second kappa shape index (κ2) is 8.71. The number of hydrogen-bond donors (Lipinski definition) is 0. The number of amides is 1. The van der Waals surface area contributed by atoms with E-state index < -0.39 is 17.3 Å². The van der Waals surface area contributed by atoms with Gasteiger partial charge in [0.2, 0.25) is 0 Å². The molecule has 1 saturated heterocycles. The first-order valence-electron chi connectivity index (χ1n) is 9.58. The smallest absolute Gasteiger partial charge is 0.417 e. The maximum Gasteiger partial charge on any atom is 0.417 e. The predicted molar refractivity (Wildman–Crippen MR) is 109 cm³/mol. The van der Waals surface area contributed by atoms with Gasteiger partial charge in [0.15, 0.2) is 5.60 Å². The third-order valence-corrected chi connectivity index (χ3v) is 5.14. The average molecular weight is 442 g/mol. The van der Waals surface area contributed by atoms with Crippen molar-refractivity contribution in [3.05, 3.63) is 53.2 Å². The highest BCUT2D eigenvalue weighted by molar-refractivity contribution is 6.30. The van der Waals surface area contributed by atoms with Gasteiger partial charge in [-0.15, -0.1) is 0 Å². The quantitative estimate of drug-likeness (QED) is 0.693. The van der Waals surface area contributed by atoms with Crippen LogP contribution in [0.25, 0.3) is 0 Å². The Balaban J connectivity index is 1.63. The van der Waals surface area contributed by atoms with Crippen molar-refractivity contribution in [2.45, 2.75) is 32.0 Å². The van der Waals surface area contributed by atoms with Crippen molar-refractivity contribution >= 4 is 23.3 Å². The Morgan fingerprint density at radius 3 is 2.33 bits per heavy atom. The van der Waals surface area contributed by atoms with Crippen molar-refractivity contribution in [1.29, 1.82) is 0 Å². The van der Waals surface area contributed by atoms with Gasteiger partial charge in [-0.1, -0.05) is 11.6 Å².